The molecular formula is C27H50N6O5S. The highest BCUT2D eigenvalue weighted by atomic mass is 32.2. The molecule has 0 aromatic heterocycles. The molecule has 2 aliphatic rings. The van der Waals surface area contributed by atoms with E-state index >= 15 is 0 Å². The zero-order chi connectivity index (χ0) is 29.4. The Morgan fingerprint density at radius 1 is 1.05 bits per heavy atom. The van der Waals surface area contributed by atoms with Gasteiger partial charge < -0.3 is 20.9 Å². The quantitative estimate of drug-likeness (QED) is 0.327. The molecule has 2 saturated heterocycles. The topological polar surface area (TPSA) is 131 Å². The van der Waals surface area contributed by atoms with Crippen LogP contribution in [0.25, 0.3) is 0 Å². The Labute approximate surface area is 235 Å². The highest BCUT2D eigenvalue weighted by Crippen LogP contribution is 2.24. The molecule has 39 heavy (non-hydrogen) atoms. The first-order chi connectivity index (χ1) is 18.2. The Hall–Kier alpha value is -2.18. The number of hydrogen-bond acceptors (Lipinski definition) is 5. The van der Waals surface area contributed by atoms with Gasteiger partial charge in [-0.3, -0.25) is 9.59 Å². The van der Waals surface area contributed by atoms with Gasteiger partial charge in [-0.1, -0.05) is 53.2 Å². The third-order valence-electron chi connectivity index (χ3n) is 7.67. The summed E-state index contributed by atoms with van der Waals surface area (Å²) in [6.07, 6.45) is 8.33. The summed E-state index contributed by atoms with van der Waals surface area (Å²) < 4.78 is 28.1. The first-order valence-electron chi connectivity index (χ1n) is 14.2. The van der Waals surface area contributed by atoms with E-state index in [0.29, 0.717) is 32.5 Å². The van der Waals surface area contributed by atoms with Gasteiger partial charge in [0, 0.05) is 45.3 Å². The second-order valence-electron chi connectivity index (χ2n) is 11.9. The van der Waals surface area contributed by atoms with E-state index in [-0.39, 0.29) is 36.9 Å². The van der Waals surface area contributed by atoms with Gasteiger partial charge in [-0.15, -0.1) is 0 Å². The van der Waals surface area contributed by atoms with E-state index in [2.05, 4.69) is 41.9 Å². The van der Waals surface area contributed by atoms with Gasteiger partial charge in [0.2, 0.25) is 11.8 Å². The van der Waals surface area contributed by atoms with Crippen molar-refractivity contribution in [3.8, 4) is 0 Å². The van der Waals surface area contributed by atoms with Crippen molar-refractivity contribution in [1.29, 1.82) is 0 Å². The smallest absolute Gasteiger partial charge is 0.315 e. The first kappa shape index (κ1) is 33.0. The molecule has 2 unspecified atom stereocenters. The van der Waals surface area contributed by atoms with Crippen molar-refractivity contribution in [1.82, 2.24) is 29.5 Å². The lowest BCUT2D eigenvalue weighted by Gasteiger charge is -2.38. The van der Waals surface area contributed by atoms with Gasteiger partial charge in [0.15, 0.2) is 0 Å². The predicted octanol–water partition coefficient (Wildman–Crippen LogP) is 2.07. The van der Waals surface area contributed by atoms with Gasteiger partial charge in [0.05, 0.1) is 6.54 Å². The van der Waals surface area contributed by atoms with Crippen LogP contribution in [0.3, 0.4) is 0 Å². The molecule has 4 amide bonds. The van der Waals surface area contributed by atoms with Gasteiger partial charge >= 0.3 is 6.03 Å². The van der Waals surface area contributed by atoms with Gasteiger partial charge in [-0.05, 0) is 43.9 Å². The Bertz CT molecular complexity index is 980. The van der Waals surface area contributed by atoms with Crippen LogP contribution in [0.5, 0.6) is 0 Å². The van der Waals surface area contributed by atoms with E-state index in [9.17, 15) is 22.8 Å². The van der Waals surface area contributed by atoms with Crippen molar-refractivity contribution in [2.24, 2.45) is 11.3 Å². The number of amides is 4. The third kappa shape index (κ3) is 9.46. The second-order valence-corrected chi connectivity index (χ2v) is 13.9. The maximum atomic E-state index is 13.0. The maximum Gasteiger partial charge on any atom is 0.315 e. The molecular weight excluding hydrogens is 520 g/mol. The molecule has 3 N–H and O–H groups in total. The van der Waals surface area contributed by atoms with Crippen LogP contribution in [0.1, 0.15) is 73.6 Å². The first-order valence-corrected chi connectivity index (χ1v) is 15.6. The van der Waals surface area contributed by atoms with Crippen molar-refractivity contribution >= 4 is 28.1 Å². The fourth-order valence-corrected chi connectivity index (χ4v) is 6.17. The van der Waals surface area contributed by atoms with Crippen molar-refractivity contribution < 1.29 is 22.8 Å². The van der Waals surface area contributed by atoms with E-state index in [4.69, 9.17) is 0 Å². The normalized spacial score (nSPS) is 22.8. The lowest BCUT2D eigenvalue weighted by atomic mass is 9.86. The number of carbonyl (C=O) groups excluding carboxylic acids is 3. The predicted molar refractivity (Wildman–Crippen MR) is 153 cm³/mol. The van der Waals surface area contributed by atoms with Crippen LogP contribution in [-0.4, -0.2) is 97.7 Å². The molecule has 11 nitrogen and oxygen atoms in total. The number of allylic oxidation sites excluding steroid dienone is 1. The average Bonchev–Trinajstić information content (AvgIpc) is 3.35. The van der Waals surface area contributed by atoms with Crippen molar-refractivity contribution in [2.45, 2.75) is 91.8 Å². The van der Waals surface area contributed by atoms with Crippen LogP contribution in [0.15, 0.2) is 12.2 Å². The number of nitrogens with one attached hydrogen (secondary N) is 3. The van der Waals surface area contributed by atoms with Crippen molar-refractivity contribution in [3.05, 3.63) is 12.2 Å². The summed E-state index contributed by atoms with van der Waals surface area (Å²) >= 11 is 0. The van der Waals surface area contributed by atoms with E-state index in [1.54, 1.807) is 7.05 Å². The zero-order valence-corrected chi connectivity index (χ0v) is 25.6. The highest BCUT2D eigenvalue weighted by molar-refractivity contribution is 7.86. The lowest BCUT2D eigenvalue weighted by molar-refractivity contribution is -0.138. The number of nitrogens with zero attached hydrogens (tertiary/aromatic N) is 3. The summed E-state index contributed by atoms with van der Waals surface area (Å²) in [6, 6.07) is -1.65. The Morgan fingerprint density at radius 3 is 2.38 bits per heavy atom. The average molecular weight is 571 g/mol. The molecule has 224 valence electrons. The summed E-state index contributed by atoms with van der Waals surface area (Å²) in [6.45, 7) is 13.1. The monoisotopic (exact) mass is 570 g/mol. The minimum absolute atomic E-state index is 0.0649. The fraction of sp³-hybridized carbons (Fsp3) is 0.815. The van der Waals surface area contributed by atoms with E-state index in [1.807, 2.05) is 27.7 Å². The van der Waals surface area contributed by atoms with Crippen LogP contribution in [0.4, 0.5) is 4.79 Å². The molecule has 4 atom stereocenters. The number of urea groups is 1. The number of rotatable bonds is 11. The van der Waals surface area contributed by atoms with Gasteiger partial charge in [-0.25, -0.2) is 4.79 Å². The molecule has 12 heteroatoms. The van der Waals surface area contributed by atoms with Crippen LogP contribution in [-0.2, 0) is 19.8 Å². The number of hydrogen-bond donors (Lipinski definition) is 3. The highest BCUT2D eigenvalue weighted by Gasteiger charge is 2.37. The van der Waals surface area contributed by atoms with Gasteiger partial charge in [-0.2, -0.15) is 17.0 Å². The fourth-order valence-electron chi connectivity index (χ4n) is 4.72. The summed E-state index contributed by atoms with van der Waals surface area (Å²) in [5.74, 6) is -0.319. The molecule has 2 aliphatic heterocycles. The Balaban J connectivity index is 1.92. The molecule has 2 fully saturated rings. The van der Waals surface area contributed by atoms with Gasteiger partial charge in [0.25, 0.3) is 10.2 Å². The number of likely N-dealkylation sites (tertiary alicyclic amines) is 1. The number of carbonyl (C=O) groups is 3. The minimum Gasteiger partial charge on any atom is -0.351 e. The molecule has 0 bridgehead atoms. The van der Waals surface area contributed by atoms with Crippen LogP contribution < -0.4 is 16.0 Å². The second kappa shape index (κ2) is 14.5. The summed E-state index contributed by atoms with van der Waals surface area (Å²) in [4.78, 5) is 40.3. The van der Waals surface area contributed by atoms with E-state index in [1.165, 1.54) is 13.5 Å². The van der Waals surface area contributed by atoms with Crippen molar-refractivity contribution in [3.63, 3.8) is 0 Å². The maximum absolute atomic E-state index is 13.0. The molecule has 0 aromatic carbocycles. The standard InChI is InChI=1S/C27H50N6O5S/c1-8-9-10-13-20(2)21(3)29-25(35)22-14-11-17-33(22)24(34)18-28-26(36)30-23(27(4,5)6)19-32-16-12-15-31(7)39(32,37)38/h10,13,20-23H,8-9,11-12,14-19H2,1-7H3,(H,29,35)(H2,28,30,36)/b13-10-/t20?,21?,22-,23+/m0/s1. The van der Waals surface area contributed by atoms with Crippen LogP contribution in [0.2, 0.25) is 0 Å². The van der Waals surface area contributed by atoms with Crippen molar-refractivity contribution in [2.75, 3.05) is 39.8 Å². The molecule has 0 aromatic rings. The summed E-state index contributed by atoms with van der Waals surface area (Å²) in [7, 11) is -2.02. The Morgan fingerprint density at radius 2 is 1.74 bits per heavy atom. The van der Waals surface area contributed by atoms with Gasteiger partial charge in [0.1, 0.15) is 6.04 Å². The number of unbranched alkanes of at least 4 members (excludes halogenated alkanes) is 1. The lowest BCUT2D eigenvalue weighted by Crippen LogP contribution is -2.58. The third-order valence-corrected chi connectivity index (χ3v) is 9.62. The molecule has 2 rings (SSSR count). The largest absolute Gasteiger partial charge is 0.351 e. The molecule has 0 radical (unpaired) electrons. The molecule has 0 spiro atoms. The van der Waals surface area contributed by atoms with Crippen LogP contribution >= 0.6 is 0 Å². The summed E-state index contributed by atoms with van der Waals surface area (Å²) in [5, 5.41) is 8.53. The Kier molecular flexibility index (Phi) is 12.2. The van der Waals surface area contributed by atoms with E-state index < -0.39 is 33.7 Å². The van der Waals surface area contributed by atoms with E-state index in [0.717, 1.165) is 19.3 Å². The summed E-state index contributed by atoms with van der Waals surface area (Å²) in [5.41, 5.74) is -0.426. The minimum atomic E-state index is -3.57. The molecule has 0 aliphatic carbocycles. The molecule has 0 saturated carbocycles. The van der Waals surface area contributed by atoms with Crippen LogP contribution in [0, 0.1) is 11.3 Å². The SMILES string of the molecule is CCC/C=C\C(C)C(C)NC(=O)[C@@H]1CCCN1C(=O)CNC(=O)N[C@H](CN1CCCN(C)S1(=O)=O)C(C)(C)C. The zero-order valence-electron chi connectivity index (χ0n) is 24.8. The molecule has 2 heterocycles.